The fourth-order valence-corrected chi connectivity index (χ4v) is 4.65. The number of anilines is 1. The second-order valence-corrected chi connectivity index (χ2v) is 9.89. The predicted molar refractivity (Wildman–Crippen MR) is 109 cm³/mol. The number of benzene rings is 1. The summed E-state index contributed by atoms with van der Waals surface area (Å²) in [5, 5.41) is 0. The first-order valence-electron chi connectivity index (χ1n) is 9.91. The second kappa shape index (κ2) is 9.05. The van der Waals surface area contributed by atoms with Gasteiger partial charge in [0.05, 0.1) is 11.8 Å². The van der Waals surface area contributed by atoms with Crippen LogP contribution in [0.25, 0.3) is 0 Å². The maximum absolute atomic E-state index is 13.0. The standard InChI is InChI=1S/C20H29N3O4S/c1-28(26,27)16-6-10-19(24)22-14-12-21(13-15-22)18-9-5-11-23(20(18)25)17-7-3-2-4-8-17/h2-4,7-8,18H,5-6,9-16H2,1H3/t18-/m1/s1. The zero-order valence-electron chi connectivity index (χ0n) is 16.4. The molecule has 154 valence electrons. The van der Waals surface area contributed by atoms with Gasteiger partial charge in [-0.15, -0.1) is 0 Å². The van der Waals surface area contributed by atoms with Crippen molar-refractivity contribution in [2.75, 3.05) is 49.6 Å². The van der Waals surface area contributed by atoms with Crippen LogP contribution in [0.15, 0.2) is 30.3 Å². The van der Waals surface area contributed by atoms with Crippen molar-refractivity contribution in [3.05, 3.63) is 30.3 Å². The maximum atomic E-state index is 13.0. The lowest BCUT2D eigenvalue weighted by Gasteiger charge is -2.42. The Morgan fingerprint density at radius 1 is 1.07 bits per heavy atom. The van der Waals surface area contributed by atoms with Gasteiger partial charge in [-0.2, -0.15) is 0 Å². The molecule has 0 aliphatic carbocycles. The van der Waals surface area contributed by atoms with Gasteiger partial charge in [0, 0.05) is 51.1 Å². The third-order valence-electron chi connectivity index (χ3n) is 5.49. The molecule has 1 atom stereocenters. The van der Waals surface area contributed by atoms with E-state index < -0.39 is 9.84 Å². The number of amides is 2. The predicted octanol–water partition coefficient (Wildman–Crippen LogP) is 1.15. The van der Waals surface area contributed by atoms with Gasteiger partial charge >= 0.3 is 0 Å². The van der Waals surface area contributed by atoms with Gasteiger partial charge in [0.25, 0.3) is 0 Å². The number of rotatable bonds is 6. The fourth-order valence-electron chi connectivity index (χ4n) is 3.99. The molecule has 0 spiro atoms. The summed E-state index contributed by atoms with van der Waals surface area (Å²) in [6.07, 6.45) is 3.64. The molecule has 28 heavy (non-hydrogen) atoms. The van der Waals surface area contributed by atoms with Crippen LogP contribution in [-0.2, 0) is 19.4 Å². The summed E-state index contributed by atoms with van der Waals surface area (Å²) in [5.41, 5.74) is 0.942. The van der Waals surface area contributed by atoms with Crippen LogP contribution in [0.3, 0.4) is 0 Å². The highest BCUT2D eigenvalue weighted by Gasteiger charge is 2.35. The van der Waals surface area contributed by atoms with E-state index in [1.54, 1.807) is 4.90 Å². The number of piperidine rings is 1. The number of carbonyl (C=O) groups excluding carboxylic acids is 2. The Kier molecular flexibility index (Phi) is 6.72. The molecule has 1 aromatic carbocycles. The SMILES string of the molecule is CS(=O)(=O)CCCC(=O)N1CCN([C@@H]2CCCN(c3ccccc3)C2=O)CC1. The van der Waals surface area contributed by atoms with E-state index in [0.717, 1.165) is 25.1 Å². The van der Waals surface area contributed by atoms with Crippen molar-refractivity contribution < 1.29 is 18.0 Å². The normalized spacial score (nSPS) is 21.8. The molecule has 0 bridgehead atoms. The Bertz CT molecular complexity index is 789. The van der Waals surface area contributed by atoms with E-state index in [1.165, 1.54) is 6.26 Å². The van der Waals surface area contributed by atoms with Gasteiger partial charge in [0.1, 0.15) is 9.84 Å². The molecular formula is C20H29N3O4S. The first-order chi connectivity index (χ1) is 13.3. The Balaban J connectivity index is 1.51. The van der Waals surface area contributed by atoms with E-state index in [2.05, 4.69) is 4.90 Å². The van der Waals surface area contributed by atoms with Crippen molar-refractivity contribution in [3.8, 4) is 0 Å². The molecule has 2 amide bonds. The molecular weight excluding hydrogens is 378 g/mol. The van der Waals surface area contributed by atoms with Crippen molar-refractivity contribution in [1.82, 2.24) is 9.80 Å². The van der Waals surface area contributed by atoms with E-state index >= 15 is 0 Å². The lowest BCUT2D eigenvalue weighted by atomic mass is 10.0. The van der Waals surface area contributed by atoms with Gasteiger partial charge < -0.3 is 9.80 Å². The minimum Gasteiger partial charge on any atom is -0.340 e. The summed E-state index contributed by atoms with van der Waals surface area (Å²) in [5.74, 6) is 0.194. The maximum Gasteiger partial charge on any atom is 0.244 e. The van der Waals surface area contributed by atoms with E-state index in [-0.39, 0.29) is 30.0 Å². The number of hydrogen-bond acceptors (Lipinski definition) is 5. The van der Waals surface area contributed by atoms with Gasteiger partial charge in [-0.1, -0.05) is 18.2 Å². The molecule has 2 aliphatic rings. The minimum absolute atomic E-state index is 0.00387. The van der Waals surface area contributed by atoms with Gasteiger partial charge in [-0.3, -0.25) is 14.5 Å². The van der Waals surface area contributed by atoms with Gasteiger partial charge in [0.15, 0.2) is 0 Å². The van der Waals surface area contributed by atoms with Gasteiger partial charge in [0.2, 0.25) is 11.8 Å². The number of nitrogens with zero attached hydrogens (tertiary/aromatic N) is 3. The number of carbonyl (C=O) groups is 2. The van der Waals surface area contributed by atoms with Crippen LogP contribution < -0.4 is 4.90 Å². The van der Waals surface area contributed by atoms with Gasteiger partial charge in [-0.05, 0) is 31.4 Å². The summed E-state index contributed by atoms with van der Waals surface area (Å²) in [6, 6.07) is 9.64. The molecule has 2 fully saturated rings. The van der Waals surface area contributed by atoms with Crippen molar-refractivity contribution in [2.24, 2.45) is 0 Å². The molecule has 2 heterocycles. The highest BCUT2D eigenvalue weighted by atomic mass is 32.2. The Morgan fingerprint density at radius 3 is 2.39 bits per heavy atom. The Labute approximate surface area is 167 Å². The zero-order valence-corrected chi connectivity index (χ0v) is 17.2. The third-order valence-corrected chi connectivity index (χ3v) is 6.52. The highest BCUT2D eigenvalue weighted by molar-refractivity contribution is 7.90. The van der Waals surface area contributed by atoms with Crippen LogP contribution in [0.1, 0.15) is 25.7 Å². The second-order valence-electron chi connectivity index (χ2n) is 7.63. The van der Waals surface area contributed by atoms with Crippen LogP contribution in [0.5, 0.6) is 0 Å². The minimum atomic E-state index is -3.03. The summed E-state index contributed by atoms with van der Waals surface area (Å²) >= 11 is 0. The number of piperazine rings is 1. The van der Waals surface area contributed by atoms with Crippen molar-refractivity contribution in [2.45, 2.75) is 31.7 Å². The average Bonchev–Trinajstić information content (AvgIpc) is 2.68. The molecule has 2 saturated heterocycles. The van der Waals surface area contributed by atoms with Crippen LogP contribution in [-0.4, -0.2) is 80.8 Å². The first kappa shape index (κ1) is 20.8. The number of para-hydroxylation sites is 1. The van der Waals surface area contributed by atoms with Gasteiger partial charge in [-0.25, -0.2) is 8.42 Å². The molecule has 0 radical (unpaired) electrons. The van der Waals surface area contributed by atoms with E-state index in [0.29, 0.717) is 32.6 Å². The number of hydrogen-bond donors (Lipinski definition) is 0. The molecule has 8 heteroatoms. The Morgan fingerprint density at radius 2 is 1.75 bits per heavy atom. The fraction of sp³-hybridized carbons (Fsp3) is 0.600. The van der Waals surface area contributed by atoms with E-state index in [9.17, 15) is 18.0 Å². The molecule has 0 aromatic heterocycles. The monoisotopic (exact) mass is 407 g/mol. The van der Waals surface area contributed by atoms with Crippen LogP contribution in [0, 0.1) is 0 Å². The van der Waals surface area contributed by atoms with Crippen molar-refractivity contribution >= 4 is 27.3 Å². The van der Waals surface area contributed by atoms with E-state index in [1.807, 2.05) is 35.2 Å². The van der Waals surface area contributed by atoms with Crippen LogP contribution in [0.2, 0.25) is 0 Å². The summed E-state index contributed by atoms with van der Waals surface area (Å²) in [7, 11) is -3.03. The van der Waals surface area contributed by atoms with Crippen LogP contribution >= 0.6 is 0 Å². The highest BCUT2D eigenvalue weighted by Crippen LogP contribution is 2.24. The van der Waals surface area contributed by atoms with Crippen molar-refractivity contribution in [3.63, 3.8) is 0 Å². The van der Waals surface area contributed by atoms with Crippen LogP contribution in [0.4, 0.5) is 5.69 Å². The quantitative estimate of drug-likeness (QED) is 0.707. The summed E-state index contributed by atoms with van der Waals surface area (Å²) in [4.78, 5) is 31.2. The summed E-state index contributed by atoms with van der Waals surface area (Å²) < 4.78 is 22.4. The molecule has 1 aromatic rings. The lowest BCUT2D eigenvalue weighted by Crippen LogP contribution is -2.58. The molecule has 2 aliphatic heterocycles. The average molecular weight is 408 g/mol. The topological polar surface area (TPSA) is 78.0 Å². The molecule has 0 N–H and O–H groups in total. The Hall–Kier alpha value is -1.93. The summed E-state index contributed by atoms with van der Waals surface area (Å²) in [6.45, 7) is 3.28. The smallest absolute Gasteiger partial charge is 0.244 e. The lowest BCUT2D eigenvalue weighted by molar-refractivity contribution is -0.134. The largest absolute Gasteiger partial charge is 0.340 e. The third kappa shape index (κ3) is 5.32. The number of sulfone groups is 1. The first-order valence-corrected chi connectivity index (χ1v) is 12.0. The molecule has 0 unspecified atom stereocenters. The molecule has 7 nitrogen and oxygen atoms in total. The zero-order chi connectivity index (χ0) is 20.1. The van der Waals surface area contributed by atoms with E-state index in [4.69, 9.17) is 0 Å². The van der Waals surface area contributed by atoms with Crippen molar-refractivity contribution in [1.29, 1.82) is 0 Å². The molecule has 0 saturated carbocycles. The molecule has 3 rings (SSSR count).